The Morgan fingerprint density at radius 1 is 1.18 bits per heavy atom. The summed E-state index contributed by atoms with van der Waals surface area (Å²) in [5.74, 6) is 0.904. The normalized spacial score (nSPS) is 13.9. The van der Waals surface area contributed by atoms with Crippen molar-refractivity contribution in [3.8, 4) is 17.0 Å². The van der Waals surface area contributed by atoms with Gasteiger partial charge in [-0.1, -0.05) is 23.7 Å². The number of aryl methyl sites for hydroxylation is 1. The van der Waals surface area contributed by atoms with E-state index in [1.807, 2.05) is 12.1 Å². The fourth-order valence-corrected chi connectivity index (χ4v) is 2.28. The van der Waals surface area contributed by atoms with E-state index in [4.69, 9.17) is 16.3 Å². The van der Waals surface area contributed by atoms with Crippen LogP contribution in [0.5, 0.6) is 5.75 Å². The molecule has 0 unspecified atom stereocenters. The maximum Gasteiger partial charge on any atom is 0.155 e. The standard InChI is InChI=1S/C13H11ClN2O/c14-13-11(15-6-7-16-13)10-5-1-3-9-4-2-8-17-12(9)10/h1,3,5-7H,2,4,8H2. The SMILES string of the molecule is Clc1nccnc1-c1cccc2c1OCCC2. The average molecular weight is 247 g/mol. The number of para-hydroxylation sites is 1. The molecule has 0 aliphatic carbocycles. The van der Waals surface area contributed by atoms with Crippen LogP contribution in [-0.4, -0.2) is 16.6 Å². The fraction of sp³-hybridized carbons (Fsp3) is 0.231. The minimum Gasteiger partial charge on any atom is -0.493 e. The number of hydrogen-bond donors (Lipinski definition) is 0. The highest BCUT2D eigenvalue weighted by Gasteiger charge is 2.17. The van der Waals surface area contributed by atoms with Crippen LogP contribution in [0.25, 0.3) is 11.3 Å². The second kappa shape index (κ2) is 4.34. The number of hydrogen-bond acceptors (Lipinski definition) is 3. The zero-order chi connectivity index (χ0) is 11.7. The third-order valence-electron chi connectivity index (χ3n) is 2.84. The van der Waals surface area contributed by atoms with Crippen LogP contribution in [0.4, 0.5) is 0 Å². The molecule has 0 radical (unpaired) electrons. The molecule has 0 saturated heterocycles. The molecule has 1 aliphatic rings. The minimum atomic E-state index is 0.412. The predicted molar refractivity (Wildman–Crippen MR) is 66.3 cm³/mol. The quantitative estimate of drug-likeness (QED) is 0.776. The average Bonchev–Trinajstić information content (AvgIpc) is 2.39. The van der Waals surface area contributed by atoms with Crippen LogP contribution in [-0.2, 0) is 6.42 Å². The number of rotatable bonds is 1. The third-order valence-corrected chi connectivity index (χ3v) is 3.12. The Morgan fingerprint density at radius 2 is 2.06 bits per heavy atom. The molecule has 86 valence electrons. The highest BCUT2D eigenvalue weighted by molar-refractivity contribution is 6.31. The fourth-order valence-electron chi connectivity index (χ4n) is 2.08. The van der Waals surface area contributed by atoms with Crippen LogP contribution < -0.4 is 4.74 Å². The first kappa shape index (κ1) is 10.5. The van der Waals surface area contributed by atoms with Crippen molar-refractivity contribution in [2.75, 3.05) is 6.61 Å². The summed E-state index contributed by atoms with van der Waals surface area (Å²) in [4.78, 5) is 8.33. The number of halogens is 1. The van der Waals surface area contributed by atoms with Gasteiger partial charge in [0.1, 0.15) is 11.4 Å². The first-order chi connectivity index (χ1) is 8.36. The lowest BCUT2D eigenvalue weighted by Crippen LogP contribution is -2.09. The summed E-state index contributed by atoms with van der Waals surface area (Å²) in [5.41, 5.74) is 2.84. The lowest BCUT2D eigenvalue weighted by molar-refractivity contribution is 0.289. The van der Waals surface area contributed by atoms with Gasteiger partial charge in [0.25, 0.3) is 0 Å². The van der Waals surface area contributed by atoms with E-state index in [1.54, 1.807) is 12.4 Å². The molecule has 1 aromatic carbocycles. The van der Waals surface area contributed by atoms with E-state index in [2.05, 4.69) is 16.0 Å². The largest absolute Gasteiger partial charge is 0.493 e. The van der Waals surface area contributed by atoms with Crippen LogP contribution >= 0.6 is 11.6 Å². The van der Waals surface area contributed by atoms with Crippen molar-refractivity contribution in [3.63, 3.8) is 0 Å². The summed E-state index contributed by atoms with van der Waals surface area (Å²) in [7, 11) is 0. The summed E-state index contributed by atoms with van der Waals surface area (Å²) in [6, 6.07) is 6.07. The van der Waals surface area contributed by atoms with Gasteiger partial charge in [-0.2, -0.15) is 0 Å². The molecule has 4 heteroatoms. The molecule has 2 aromatic rings. The van der Waals surface area contributed by atoms with Gasteiger partial charge < -0.3 is 4.74 Å². The van der Waals surface area contributed by atoms with E-state index in [9.17, 15) is 0 Å². The molecular weight excluding hydrogens is 236 g/mol. The van der Waals surface area contributed by atoms with Gasteiger partial charge in [-0.05, 0) is 24.5 Å². The Kier molecular flexibility index (Phi) is 2.69. The second-order valence-electron chi connectivity index (χ2n) is 3.94. The molecular formula is C13H11ClN2O. The van der Waals surface area contributed by atoms with E-state index < -0.39 is 0 Å². The number of benzene rings is 1. The van der Waals surface area contributed by atoms with E-state index in [0.717, 1.165) is 30.8 Å². The van der Waals surface area contributed by atoms with Crippen molar-refractivity contribution in [1.82, 2.24) is 9.97 Å². The number of fused-ring (bicyclic) bond motifs is 1. The maximum absolute atomic E-state index is 6.07. The van der Waals surface area contributed by atoms with Crippen molar-refractivity contribution < 1.29 is 4.74 Å². The van der Waals surface area contributed by atoms with Crippen LogP contribution in [0.3, 0.4) is 0 Å². The summed E-state index contributed by atoms with van der Waals surface area (Å²) in [6.45, 7) is 0.752. The zero-order valence-electron chi connectivity index (χ0n) is 9.19. The first-order valence-electron chi connectivity index (χ1n) is 5.58. The van der Waals surface area contributed by atoms with Crippen molar-refractivity contribution in [2.24, 2.45) is 0 Å². The Bertz CT molecular complexity index is 557. The van der Waals surface area contributed by atoms with Gasteiger partial charge in [-0.25, -0.2) is 4.98 Å². The van der Waals surface area contributed by atoms with Gasteiger partial charge in [0.2, 0.25) is 0 Å². The lowest BCUT2D eigenvalue weighted by Gasteiger charge is -2.20. The molecule has 0 bridgehead atoms. The lowest BCUT2D eigenvalue weighted by atomic mass is 10.0. The van der Waals surface area contributed by atoms with E-state index in [0.29, 0.717) is 10.8 Å². The van der Waals surface area contributed by atoms with Gasteiger partial charge in [0, 0.05) is 18.0 Å². The highest BCUT2D eigenvalue weighted by Crippen LogP contribution is 2.37. The van der Waals surface area contributed by atoms with Gasteiger partial charge in [-0.15, -0.1) is 0 Å². The van der Waals surface area contributed by atoms with Crippen LogP contribution in [0.2, 0.25) is 5.15 Å². The van der Waals surface area contributed by atoms with E-state index in [1.165, 1.54) is 5.56 Å². The molecule has 1 aromatic heterocycles. The van der Waals surface area contributed by atoms with Crippen LogP contribution in [0, 0.1) is 0 Å². The number of ether oxygens (including phenoxy) is 1. The topological polar surface area (TPSA) is 35.0 Å². The smallest absolute Gasteiger partial charge is 0.155 e. The molecule has 2 heterocycles. The Balaban J connectivity index is 2.18. The van der Waals surface area contributed by atoms with Crippen LogP contribution in [0.1, 0.15) is 12.0 Å². The monoisotopic (exact) mass is 246 g/mol. The highest BCUT2D eigenvalue weighted by atomic mass is 35.5. The van der Waals surface area contributed by atoms with Crippen molar-refractivity contribution in [2.45, 2.75) is 12.8 Å². The minimum absolute atomic E-state index is 0.412. The third kappa shape index (κ3) is 1.87. The van der Waals surface area contributed by atoms with Crippen molar-refractivity contribution in [1.29, 1.82) is 0 Å². The summed E-state index contributed by atoms with van der Waals surface area (Å²) in [6.07, 6.45) is 5.33. The molecule has 17 heavy (non-hydrogen) atoms. The Morgan fingerprint density at radius 3 is 2.94 bits per heavy atom. The Labute approximate surface area is 104 Å². The van der Waals surface area contributed by atoms with Gasteiger partial charge in [0.15, 0.2) is 5.15 Å². The molecule has 0 fully saturated rings. The first-order valence-corrected chi connectivity index (χ1v) is 5.95. The predicted octanol–water partition coefficient (Wildman–Crippen LogP) is 3.12. The van der Waals surface area contributed by atoms with E-state index >= 15 is 0 Å². The molecule has 3 nitrogen and oxygen atoms in total. The summed E-state index contributed by atoms with van der Waals surface area (Å²) < 4.78 is 5.74. The molecule has 0 amide bonds. The van der Waals surface area contributed by atoms with Crippen molar-refractivity contribution >= 4 is 11.6 Å². The Hall–Kier alpha value is -1.61. The molecule has 3 rings (SSSR count). The molecule has 0 atom stereocenters. The summed E-state index contributed by atoms with van der Waals surface area (Å²) in [5, 5.41) is 0.412. The van der Waals surface area contributed by atoms with E-state index in [-0.39, 0.29) is 0 Å². The van der Waals surface area contributed by atoms with Gasteiger partial charge in [-0.3, -0.25) is 4.98 Å². The summed E-state index contributed by atoms with van der Waals surface area (Å²) >= 11 is 6.07. The molecule has 0 spiro atoms. The van der Waals surface area contributed by atoms with Gasteiger partial charge >= 0.3 is 0 Å². The van der Waals surface area contributed by atoms with Crippen molar-refractivity contribution in [3.05, 3.63) is 41.3 Å². The maximum atomic E-state index is 6.07. The van der Waals surface area contributed by atoms with Crippen LogP contribution in [0.15, 0.2) is 30.6 Å². The number of aromatic nitrogens is 2. The van der Waals surface area contributed by atoms with Gasteiger partial charge in [0.05, 0.1) is 6.61 Å². The second-order valence-corrected chi connectivity index (χ2v) is 4.30. The zero-order valence-corrected chi connectivity index (χ0v) is 9.94. The molecule has 0 N–H and O–H groups in total. The molecule has 1 aliphatic heterocycles. The number of nitrogens with zero attached hydrogens (tertiary/aromatic N) is 2. The molecule has 0 saturated carbocycles.